The zero-order chi connectivity index (χ0) is 18.8. The van der Waals surface area contributed by atoms with Crippen molar-refractivity contribution in [2.24, 2.45) is 5.41 Å². The van der Waals surface area contributed by atoms with E-state index in [2.05, 4.69) is 22.3 Å². The fourth-order valence-electron chi connectivity index (χ4n) is 3.54. The summed E-state index contributed by atoms with van der Waals surface area (Å²) in [6.07, 6.45) is 3.82. The number of hydrogen-bond acceptors (Lipinski definition) is 5. The summed E-state index contributed by atoms with van der Waals surface area (Å²) in [6.45, 7) is 3.57. The van der Waals surface area contributed by atoms with Gasteiger partial charge in [0.25, 0.3) is 5.91 Å². The van der Waals surface area contributed by atoms with E-state index in [4.69, 9.17) is 0 Å². The lowest BCUT2D eigenvalue weighted by atomic mass is 9.67. The zero-order valence-electron chi connectivity index (χ0n) is 15.8. The van der Waals surface area contributed by atoms with Gasteiger partial charge in [-0.1, -0.05) is 13.3 Å². The molecule has 1 heterocycles. The van der Waals surface area contributed by atoms with Crippen LogP contribution in [0.5, 0.6) is 0 Å². The Bertz CT molecular complexity index is 749. The second-order valence-corrected chi connectivity index (χ2v) is 9.08. The number of aliphatic hydroxyl groups is 1. The van der Waals surface area contributed by atoms with E-state index in [1.165, 1.54) is 30.7 Å². The molecule has 10 heteroatoms. The molecule has 1 saturated carbocycles. The number of nitrogens with one attached hydrogen (secondary N) is 3. The molecule has 0 spiro atoms. The molecule has 2 atom stereocenters. The maximum absolute atomic E-state index is 12.4. The quantitative estimate of drug-likeness (QED) is 0.499. The normalized spacial score (nSPS) is 23.1. The predicted molar refractivity (Wildman–Crippen MR) is 113 cm³/mol. The zero-order valence-corrected chi connectivity index (χ0v) is 18.3. The number of amides is 1. The van der Waals surface area contributed by atoms with E-state index >= 15 is 0 Å². The third-order valence-electron chi connectivity index (χ3n) is 5.70. The van der Waals surface area contributed by atoms with Crippen molar-refractivity contribution in [2.75, 3.05) is 19.6 Å². The standard InChI is InChI=1S/C18H27N3O4S.2ClH/c1-2-18(8-3-9-18)12-20-17(23)13-4-6-14(7-5-13)26(24,25)21-15-10-19-11-16(15)22;;/h4-7,15-16,19,21-22H,2-3,8-12H2,1H3,(H,20,23);2*1H/t15-,16-;;/m1../s1. The molecule has 2 fully saturated rings. The Kier molecular flexibility index (Phi) is 9.18. The number of hydrogen-bond donors (Lipinski definition) is 4. The smallest absolute Gasteiger partial charge is 0.251 e. The lowest BCUT2D eigenvalue weighted by Gasteiger charge is -2.41. The van der Waals surface area contributed by atoms with Gasteiger partial charge in [-0.25, -0.2) is 13.1 Å². The Morgan fingerprint density at radius 3 is 2.32 bits per heavy atom. The fraction of sp³-hybridized carbons (Fsp3) is 0.611. The molecule has 4 N–H and O–H groups in total. The minimum absolute atomic E-state index is 0. The lowest BCUT2D eigenvalue weighted by molar-refractivity contribution is 0.0850. The molecule has 1 aliphatic carbocycles. The van der Waals surface area contributed by atoms with Crippen molar-refractivity contribution >= 4 is 40.7 Å². The van der Waals surface area contributed by atoms with Crippen molar-refractivity contribution in [3.8, 4) is 0 Å². The van der Waals surface area contributed by atoms with Gasteiger partial charge in [0.15, 0.2) is 0 Å². The van der Waals surface area contributed by atoms with E-state index in [1.807, 2.05) is 0 Å². The van der Waals surface area contributed by atoms with Gasteiger partial charge in [0.05, 0.1) is 17.0 Å². The number of halogens is 2. The minimum atomic E-state index is -3.74. The van der Waals surface area contributed by atoms with Crippen molar-refractivity contribution in [3.63, 3.8) is 0 Å². The fourth-order valence-corrected chi connectivity index (χ4v) is 4.81. The van der Waals surface area contributed by atoms with Gasteiger partial charge in [-0.3, -0.25) is 4.79 Å². The first-order valence-corrected chi connectivity index (χ1v) is 10.6. The van der Waals surface area contributed by atoms with Gasteiger partial charge in [-0.2, -0.15) is 0 Å². The number of carbonyl (C=O) groups excluding carboxylic acids is 1. The predicted octanol–water partition coefficient (Wildman–Crippen LogP) is 1.45. The van der Waals surface area contributed by atoms with Gasteiger partial charge in [-0.05, 0) is 48.9 Å². The molecule has 1 aromatic carbocycles. The summed E-state index contributed by atoms with van der Waals surface area (Å²) in [4.78, 5) is 12.4. The van der Waals surface area contributed by atoms with Crippen LogP contribution in [0.3, 0.4) is 0 Å². The largest absolute Gasteiger partial charge is 0.390 e. The molecule has 1 saturated heterocycles. The Balaban J connectivity index is 0.00000196. The van der Waals surface area contributed by atoms with E-state index < -0.39 is 22.2 Å². The second kappa shape index (κ2) is 10.2. The Hall–Kier alpha value is -0.900. The van der Waals surface area contributed by atoms with Crippen molar-refractivity contribution in [2.45, 2.75) is 49.6 Å². The van der Waals surface area contributed by atoms with Crippen molar-refractivity contribution in [1.82, 2.24) is 15.4 Å². The number of benzene rings is 1. The third kappa shape index (κ3) is 5.58. The van der Waals surface area contributed by atoms with Crippen LogP contribution in [0.4, 0.5) is 0 Å². The summed E-state index contributed by atoms with van der Waals surface area (Å²) in [5.41, 5.74) is 0.677. The molecule has 160 valence electrons. The van der Waals surface area contributed by atoms with E-state index in [1.54, 1.807) is 0 Å². The first kappa shape index (κ1) is 25.1. The number of rotatable bonds is 7. The molecule has 1 aliphatic heterocycles. The molecular formula is C18H29Cl2N3O4S. The van der Waals surface area contributed by atoms with Crippen LogP contribution in [0.15, 0.2) is 29.2 Å². The summed E-state index contributed by atoms with van der Waals surface area (Å²) in [7, 11) is -3.74. The number of sulfonamides is 1. The molecular weight excluding hydrogens is 425 g/mol. The van der Waals surface area contributed by atoms with Crippen LogP contribution in [0.1, 0.15) is 43.0 Å². The maximum atomic E-state index is 12.4. The second-order valence-electron chi connectivity index (χ2n) is 7.37. The maximum Gasteiger partial charge on any atom is 0.251 e. The van der Waals surface area contributed by atoms with Crippen LogP contribution >= 0.6 is 24.8 Å². The average Bonchev–Trinajstić information content (AvgIpc) is 2.98. The van der Waals surface area contributed by atoms with Crippen LogP contribution in [-0.4, -0.2) is 51.2 Å². The van der Waals surface area contributed by atoms with Crippen LogP contribution in [0, 0.1) is 5.41 Å². The van der Waals surface area contributed by atoms with Gasteiger partial charge in [0.2, 0.25) is 10.0 Å². The van der Waals surface area contributed by atoms with Gasteiger partial charge in [-0.15, -0.1) is 24.8 Å². The van der Waals surface area contributed by atoms with Gasteiger partial charge < -0.3 is 15.7 Å². The Labute approximate surface area is 178 Å². The molecule has 1 aromatic rings. The summed E-state index contributed by atoms with van der Waals surface area (Å²) >= 11 is 0. The van der Waals surface area contributed by atoms with Crippen molar-refractivity contribution < 1.29 is 18.3 Å². The van der Waals surface area contributed by atoms with Crippen LogP contribution in [-0.2, 0) is 10.0 Å². The highest BCUT2D eigenvalue weighted by Crippen LogP contribution is 2.43. The van der Waals surface area contributed by atoms with Crippen molar-refractivity contribution in [1.29, 1.82) is 0 Å². The third-order valence-corrected chi connectivity index (χ3v) is 7.21. The summed E-state index contributed by atoms with van der Waals surface area (Å²) in [5, 5.41) is 15.6. The summed E-state index contributed by atoms with van der Waals surface area (Å²) in [5.74, 6) is -0.183. The molecule has 0 unspecified atom stereocenters. The number of β-amino-alcohol motifs (C(OH)–C–C–N with tert-alkyl or cyclic N) is 1. The first-order valence-electron chi connectivity index (χ1n) is 9.15. The van der Waals surface area contributed by atoms with E-state index in [9.17, 15) is 18.3 Å². The monoisotopic (exact) mass is 453 g/mol. The lowest BCUT2D eigenvalue weighted by Crippen LogP contribution is -2.42. The Morgan fingerprint density at radius 2 is 1.86 bits per heavy atom. The van der Waals surface area contributed by atoms with E-state index in [0.29, 0.717) is 25.2 Å². The summed E-state index contributed by atoms with van der Waals surface area (Å²) in [6, 6.07) is 5.34. The summed E-state index contributed by atoms with van der Waals surface area (Å²) < 4.78 is 27.3. The SMILES string of the molecule is CCC1(CNC(=O)c2ccc(S(=O)(=O)N[C@@H]3CNC[C@H]3O)cc2)CCC1.Cl.Cl. The minimum Gasteiger partial charge on any atom is -0.390 e. The van der Waals surface area contributed by atoms with E-state index in [-0.39, 0.29) is 41.0 Å². The molecule has 7 nitrogen and oxygen atoms in total. The topological polar surface area (TPSA) is 108 Å². The molecule has 3 rings (SSSR count). The van der Waals surface area contributed by atoms with Crippen LogP contribution in [0.25, 0.3) is 0 Å². The molecule has 0 radical (unpaired) electrons. The highest BCUT2D eigenvalue weighted by molar-refractivity contribution is 7.89. The van der Waals surface area contributed by atoms with Gasteiger partial charge >= 0.3 is 0 Å². The van der Waals surface area contributed by atoms with Gasteiger partial charge in [0, 0.05) is 25.2 Å². The molecule has 0 aromatic heterocycles. The molecule has 2 aliphatic rings. The highest BCUT2D eigenvalue weighted by atomic mass is 35.5. The number of carbonyl (C=O) groups is 1. The Morgan fingerprint density at radius 1 is 1.21 bits per heavy atom. The average molecular weight is 454 g/mol. The van der Waals surface area contributed by atoms with Crippen molar-refractivity contribution in [3.05, 3.63) is 29.8 Å². The number of aliphatic hydroxyl groups excluding tert-OH is 1. The van der Waals surface area contributed by atoms with Gasteiger partial charge in [0.1, 0.15) is 0 Å². The van der Waals surface area contributed by atoms with E-state index in [0.717, 1.165) is 19.3 Å². The van der Waals surface area contributed by atoms with Crippen LogP contribution in [0.2, 0.25) is 0 Å². The molecule has 1 amide bonds. The first-order chi connectivity index (χ1) is 12.4. The molecule has 28 heavy (non-hydrogen) atoms. The highest BCUT2D eigenvalue weighted by Gasteiger charge is 2.35. The molecule has 0 bridgehead atoms. The van der Waals surface area contributed by atoms with Crippen LogP contribution < -0.4 is 15.4 Å².